The Bertz CT molecular complexity index is 1270. The Morgan fingerprint density at radius 3 is 2.57 bits per heavy atom. The van der Waals surface area contributed by atoms with Gasteiger partial charge >= 0.3 is 0 Å². The van der Waals surface area contributed by atoms with Crippen molar-refractivity contribution < 1.29 is 0 Å². The highest BCUT2D eigenvalue weighted by atomic mass is 32.1. The normalized spacial score (nSPS) is 28.3. The average Bonchev–Trinajstić information content (AvgIpc) is 3.29. The molecular weight excluding hydrogens is 448 g/mol. The average molecular weight is 483 g/mol. The topological polar surface area (TPSA) is 40.0 Å². The number of nitrogens with zero attached hydrogens (tertiary/aromatic N) is 3. The third-order valence-corrected chi connectivity index (χ3v) is 9.35. The van der Waals surface area contributed by atoms with Crippen LogP contribution in [0, 0.1) is 11.3 Å². The van der Waals surface area contributed by atoms with E-state index >= 15 is 0 Å². The Kier molecular flexibility index (Phi) is 4.82. The number of rotatable bonds is 5. The van der Waals surface area contributed by atoms with E-state index in [1.54, 1.807) is 11.3 Å². The third kappa shape index (κ3) is 3.84. The summed E-state index contributed by atoms with van der Waals surface area (Å²) in [6, 6.07) is 14.1. The third-order valence-electron chi connectivity index (χ3n) is 8.45. The van der Waals surface area contributed by atoms with Crippen LogP contribution in [-0.2, 0) is 5.41 Å². The summed E-state index contributed by atoms with van der Waals surface area (Å²) < 4.78 is 0. The van der Waals surface area contributed by atoms with Crippen molar-refractivity contribution in [3.05, 3.63) is 75.6 Å². The predicted octanol–water partition coefficient (Wildman–Crippen LogP) is 6.71. The number of hydrogen-bond acceptors (Lipinski definition) is 5. The van der Waals surface area contributed by atoms with Crippen LogP contribution in [0.3, 0.4) is 0 Å². The number of aliphatic imine (C=N–C) groups is 2. The molecule has 2 aliphatic carbocycles. The van der Waals surface area contributed by atoms with Gasteiger partial charge in [-0.1, -0.05) is 63.9 Å². The van der Waals surface area contributed by atoms with Crippen molar-refractivity contribution in [1.29, 1.82) is 0 Å². The minimum Gasteiger partial charge on any atom is -0.266 e. The molecule has 1 saturated heterocycles. The minimum atomic E-state index is -0.0463. The second-order valence-corrected chi connectivity index (χ2v) is 13.2. The molecule has 1 N–H and O–H groups in total. The maximum Gasteiger partial charge on any atom is 0.164 e. The fourth-order valence-electron chi connectivity index (χ4n) is 7.03. The van der Waals surface area contributed by atoms with Crippen LogP contribution >= 0.6 is 11.3 Å². The van der Waals surface area contributed by atoms with E-state index in [0.29, 0.717) is 16.9 Å². The molecule has 0 spiro atoms. The summed E-state index contributed by atoms with van der Waals surface area (Å²) in [5.41, 5.74) is 10.6. The van der Waals surface area contributed by atoms with E-state index in [0.717, 1.165) is 23.9 Å². The van der Waals surface area contributed by atoms with Crippen LogP contribution in [-0.4, -0.2) is 28.8 Å². The van der Waals surface area contributed by atoms with Gasteiger partial charge in [0.05, 0.1) is 5.71 Å². The first-order valence-corrected chi connectivity index (χ1v) is 14.0. The van der Waals surface area contributed by atoms with Crippen LogP contribution < -0.4 is 5.43 Å². The summed E-state index contributed by atoms with van der Waals surface area (Å²) in [5, 5.41) is 4.40. The highest BCUT2D eigenvalue weighted by Crippen LogP contribution is 2.55. The van der Waals surface area contributed by atoms with Gasteiger partial charge in [-0.15, -0.1) is 11.3 Å². The zero-order valence-corrected chi connectivity index (χ0v) is 21.7. The first-order chi connectivity index (χ1) is 16.9. The molecule has 2 atom stereocenters. The molecule has 5 aliphatic rings. The Balaban J connectivity index is 1.22. The van der Waals surface area contributed by atoms with Gasteiger partial charge in [-0.2, -0.15) is 0 Å². The smallest absolute Gasteiger partial charge is 0.164 e. The van der Waals surface area contributed by atoms with Crippen LogP contribution in [0.2, 0.25) is 0 Å². The number of hydrazine groups is 1. The van der Waals surface area contributed by atoms with Crippen LogP contribution in [0.15, 0.2) is 69.6 Å². The van der Waals surface area contributed by atoms with Crippen molar-refractivity contribution in [2.75, 3.05) is 0 Å². The van der Waals surface area contributed by atoms with Crippen LogP contribution in [0.1, 0.15) is 75.3 Å². The highest BCUT2D eigenvalue weighted by molar-refractivity contribution is 7.11. The molecule has 7 rings (SSSR count). The first-order valence-electron chi connectivity index (χ1n) is 13.1. The maximum absolute atomic E-state index is 5.40. The Morgan fingerprint density at radius 1 is 1.09 bits per heavy atom. The molecule has 4 nitrogen and oxygen atoms in total. The molecule has 0 radical (unpaired) electrons. The number of hydrogen-bond donors (Lipinski definition) is 1. The second kappa shape index (κ2) is 7.75. The minimum absolute atomic E-state index is 0.0463. The summed E-state index contributed by atoms with van der Waals surface area (Å²) >= 11 is 1.78. The molecule has 1 aromatic heterocycles. The fraction of sp³-hybridized carbons (Fsp3) is 0.467. The van der Waals surface area contributed by atoms with E-state index in [9.17, 15) is 0 Å². The van der Waals surface area contributed by atoms with Gasteiger partial charge in [0.15, 0.2) is 6.17 Å². The molecular formula is C30H34N4S. The lowest BCUT2D eigenvalue weighted by Gasteiger charge is -2.52. The number of thiophene rings is 1. The molecule has 0 bridgehead atoms. The summed E-state index contributed by atoms with van der Waals surface area (Å²) in [5.74, 6) is 2.04. The second-order valence-electron chi connectivity index (χ2n) is 12.3. The van der Waals surface area contributed by atoms with E-state index in [-0.39, 0.29) is 6.17 Å². The summed E-state index contributed by atoms with van der Waals surface area (Å²) in [4.78, 5) is 11.5. The van der Waals surface area contributed by atoms with Gasteiger partial charge in [0.2, 0.25) is 0 Å². The Morgan fingerprint density at radius 2 is 1.89 bits per heavy atom. The lowest BCUT2D eigenvalue weighted by atomic mass is 9.53. The summed E-state index contributed by atoms with van der Waals surface area (Å²) in [7, 11) is 0. The first kappa shape index (κ1) is 21.8. The van der Waals surface area contributed by atoms with Crippen molar-refractivity contribution in [3.63, 3.8) is 0 Å². The van der Waals surface area contributed by atoms with Crippen molar-refractivity contribution in [1.82, 2.24) is 10.4 Å². The Hall–Kier alpha value is -2.50. The standard InChI is InChI=1S/C30H34N4S/c1-29(2)17-30(3,18-29)22-10-8-20(9-11-22)27-24(25-5-4-12-35-25)14-21-16-31-26-15-23(13-19-6-7-19)33-34(26)28(21)32-27/h4-5,8-12,14,16,19,23,28,33H,6-7,13,15,17-18H2,1-3H3. The van der Waals surface area contributed by atoms with Gasteiger partial charge in [0.25, 0.3) is 0 Å². The van der Waals surface area contributed by atoms with Crippen molar-refractivity contribution >= 4 is 28.5 Å². The number of amidine groups is 1. The lowest BCUT2D eigenvalue weighted by molar-refractivity contribution is 0.0717. The number of nitrogens with one attached hydrogen (secondary N) is 1. The number of allylic oxidation sites excluding steroid dienone is 1. The van der Waals surface area contributed by atoms with Crippen molar-refractivity contribution in [3.8, 4) is 0 Å². The van der Waals surface area contributed by atoms with Gasteiger partial charge in [-0.3, -0.25) is 10.0 Å². The largest absolute Gasteiger partial charge is 0.266 e. The van der Waals surface area contributed by atoms with E-state index in [1.807, 2.05) is 6.20 Å². The van der Waals surface area contributed by atoms with Crippen LogP contribution in [0.25, 0.3) is 5.57 Å². The molecule has 1 aromatic carbocycles. The quantitative estimate of drug-likeness (QED) is 0.514. The Labute approximate surface area is 212 Å². The molecule has 2 unspecified atom stereocenters. The van der Waals surface area contributed by atoms with E-state index < -0.39 is 0 Å². The summed E-state index contributed by atoms with van der Waals surface area (Å²) in [6.45, 7) is 7.18. The fourth-order valence-corrected chi connectivity index (χ4v) is 7.78. The molecule has 3 aliphatic heterocycles. The molecule has 5 heteroatoms. The molecule has 2 saturated carbocycles. The zero-order valence-electron chi connectivity index (χ0n) is 20.9. The number of fused-ring (bicyclic) bond motifs is 3. The molecule has 35 heavy (non-hydrogen) atoms. The predicted molar refractivity (Wildman–Crippen MR) is 146 cm³/mol. The van der Waals surface area contributed by atoms with E-state index in [4.69, 9.17) is 9.98 Å². The molecule has 3 fully saturated rings. The SMILES string of the molecule is CC1(C)CC(C)(c2ccc(C3=NC4C(=CN=C5CC(CC6CC6)NN54)C=C3c3cccs3)cc2)C1. The van der Waals surface area contributed by atoms with Gasteiger partial charge in [-0.25, -0.2) is 10.4 Å². The lowest BCUT2D eigenvalue weighted by Crippen LogP contribution is -2.47. The maximum atomic E-state index is 5.40. The van der Waals surface area contributed by atoms with Gasteiger partial charge in [0, 0.05) is 40.2 Å². The molecule has 180 valence electrons. The monoisotopic (exact) mass is 482 g/mol. The molecule has 0 amide bonds. The number of dihydropyridines is 1. The van der Waals surface area contributed by atoms with Crippen molar-refractivity contribution in [2.45, 2.75) is 76.9 Å². The number of benzene rings is 1. The highest BCUT2D eigenvalue weighted by Gasteiger charge is 2.46. The van der Waals surface area contributed by atoms with Gasteiger partial charge < -0.3 is 0 Å². The van der Waals surface area contributed by atoms with E-state index in [2.05, 4.69) is 79.1 Å². The zero-order chi connectivity index (χ0) is 23.8. The van der Waals surface area contributed by atoms with Gasteiger partial charge in [0.1, 0.15) is 5.84 Å². The van der Waals surface area contributed by atoms with Crippen LogP contribution in [0.5, 0.6) is 0 Å². The van der Waals surface area contributed by atoms with Crippen molar-refractivity contribution in [2.24, 2.45) is 21.3 Å². The molecule has 4 heterocycles. The summed E-state index contributed by atoms with van der Waals surface area (Å²) in [6.07, 6.45) is 11.9. The van der Waals surface area contributed by atoms with E-state index in [1.165, 1.54) is 59.3 Å². The van der Waals surface area contributed by atoms with Gasteiger partial charge in [-0.05, 0) is 59.1 Å². The molecule has 2 aromatic rings. The van der Waals surface area contributed by atoms with Crippen LogP contribution in [0.4, 0.5) is 0 Å².